The van der Waals surface area contributed by atoms with Gasteiger partial charge < -0.3 is 14.5 Å². The summed E-state index contributed by atoms with van der Waals surface area (Å²) in [4.78, 5) is 25.8. The van der Waals surface area contributed by atoms with Gasteiger partial charge in [0.05, 0.1) is 12.8 Å². The van der Waals surface area contributed by atoms with Gasteiger partial charge in [-0.1, -0.05) is 19.3 Å². The van der Waals surface area contributed by atoms with Crippen LogP contribution in [0.3, 0.4) is 0 Å². The highest BCUT2D eigenvalue weighted by Gasteiger charge is 2.26. The predicted octanol–water partition coefficient (Wildman–Crippen LogP) is 4.19. The van der Waals surface area contributed by atoms with Crippen LogP contribution in [0, 0.1) is 12.7 Å². The number of nitrogens with zero attached hydrogens (tertiary/aromatic N) is 6. The van der Waals surface area contributed by atoms with Crippen molar-refractivity contribution < 1.29 is 13.9 Å². The van der Waals surface area contributed by atoms with Crippen LogP contribution in [0.4, 0.5) is 10.2 Å². The molecule has 0 spiro atoms. The van der Waals surface area contributed by atoms with Gasteiger partial charge in [0.15, 0.2) is 0 Å². The molecule has 5 rings (SSSR count). The summed E-state index contributed by atoms with van der Waals surface area (Å²) in [5.41, 5.74) is 3.39. The van der Waals surface area contributed by atoms with Crippen LogP contribution < -0.4 is 9.64 Å². The lowest BCUT2D eigenvalue weighted by Gasteiger charge is -2.35. The summed E-state index contributed by atoms with van der Waals surface area (Å²) in [6, 6.07) is 9.01. The average molecular weight is 493 g/mol. The number of hydrogen-bond donors (Lipinski definition) is 0. The lowest BCUT2D eigenvalue weighted by atomic mass is 9.86. The van der Waals surface area contributed by atoms with E-state index in [9.17, 15) is 9.18 Å². The van der Waals surface area contributed by atoms with Crippen molar-refractivity contribution in [3.63, 3.8) is 0 Å². The number of hydrogen-bond acceptors (Lipinski definition) is 6. The molecule has 1 saturated heterocycles. The monoisotopic (exact) mass is 492 g/mol. The number of rotatable bonds is 6. The molecule has 1 aliphatic carbocycles. The van der Waals surface area contributed by atoms with Crippen LogP contribution in [0.15, 0.2) is 36.7 Å². The Kier molecular flexibility index (Phi) is 7.16. The fourth-order valence-corrected chi connectivity index (χ4v) is 5.26. The smallest absolute Gasteiger partial charge is 0.244 e. The molecule has 190 valence electrons. The van der Waals surface area contributed by atoms with Gasteiger partial charge in [-0.3, -0.25) is 9.48 Å². The van der Waals surface area contributed by atoms with Gasteiger partial charge in [0, 0.05) is 49.4 Å². The van der Waals surface area contributed by atoms with Crippen LogP contribution in [0.2, 0.25) is 0 Å². The molecule has 2 fully saturated rings. The lowest BCUT2D eigenvalue weighted by molar-refractivity contribution is -0.132. The summed E-state index contributed by atoms with van der Waals surface area (Å²) < 4.78 is 21.0. The summed E-state index contributed by atoms with van der Waals surface area (Å²) in [5.74, 6) is 1.58. The van der Waals surface area contributed by atoms with E-state index in [0.29, 0.717) is 43.5 Å². The van der Waals surface area contributed by atoms with E-state index in [2.05, 4.69) is 20.9 Å². The van der Waals surface area contributed by atoms with Crippen LogP contribution in [0.25, 0.3) is 11.3 Å². The van der Waals surface area contributed by atoms with E-state index in [1.165, 1.54) is 31.7 Å². The first kappa shape index (κ1) is 24.2. The highest BCUT2D eigenvalue weighted by Crippen LogP contribution is 2.35. The van der Waals surface area contributed by atoms with Crippen LogP contribution in [0.1, 0.15) is 49.3 Å². The van der Waals surface area contributed by atoms with Crippen LogP contribution in [-0.4, -0.2) is 63.8 Å². The quantitative estimate of drug-likeness (QED) is 0.514. The minimum Gasteiger partial charge on any atom is -0.481 e. The second kappa shape index (κ2) is 10.6. The fraction of sp³-hybridized carbons (Fsp3) is 0.481. The van der Waals surface area contributed by atoms with Gasteiger partial charge in [-0.05, 0) is 49.6 Å². The Hall–Kier alpha value is -3.49. The normalized spacial score (nSPS) is 16.9. The molecule has 9 heteroatoms. The van der Waals surface area contributed by atoms with Gasteiger partial charge in [-0.25, -0.2) is 14.4 Å². The summed E-state index contributed by atoms with van der Waals surface area (Å²) in [5, 5.41) is 4.85. The average Bonchev–Trinajstić information content (AvgIpc) is 3.34. The van der Waals surface area contributed by atoms with E-state index in [-0.39, 0.29) is 18.3 Å². The van der Waals surface area contributed by atoms with Crippen molar-refractivity contribution in [2.45, 2.75) is 51.5 Å². The minimum absolute atomic E-state index is 0.0666. The molecule has 3 aromatic rings. The Morgan fingerprint density at radius 3 is 2.56 bits per heavy atom. The van der Waals surface area contributed by atoms with Crippen LogP contribution in [0.5, 0.6) is 5.88 Å². The fourth-order valence-electron chi connectivity index (χ4n) is 5.26. The predicted molar refractivity (Wildman–Crippen MR) is 136 cm³/mol. The molecule has 2 aliphatic rings. The first-order chi connectivity index (χ1) is 17.5. The summed E-state index contributed by atoms with van der Waals surface area (Å²) >= 11 is 0. The minimum atomic E-state index is -0.222. The number of carbonyl (C=O) groups excluding carboxylic acids is 1. The largest absolute Gasteiger partial charge is 0.481 e. The molecule has 0 radical (unpaired) electrons. The second-order valence-electron chi connectivity index (χ2n) is 9.70. The highest BCUT2D eigenvalue weighted by molar-refractivity contribution is 5.76. The van der Waals surface area contributed by atoms with Gasteiger partial charge in [0.25, 0.3) is 0 Å². The molecule has 1 aliphatic heterocycles. The SMILES string of the molecule is COc1cc(N2CCN(C(=O)Cn3nc(-c4ccc(F)c(C)c4)cc3C3CCCCC3)CC2)ncn1. The van der Waals surface area contributed by atoms with Crippen molar-refractivity contribution in [1.29, 1.82) is 0 Å². The third-order valence-electron chi connectivity index (χ3n) is 7.37. The first-order valence-electron chi connectivity index (χ1n) is 12.7. The number of halogens is 1. The van der Waals surface area contributed by atoms with Crippen molar-refractivity contribution in [2.75, 3.05) is 38.2 Å². The summed E-state index contributed by atoms with van der Waals surface area (Å²) in [6.45, 7) is 4.61. The molecule has 0 N–H and O–H groups in total. The molecular weight excluding hydrogens is 459 g/mol. The molecule has 36 heavy (non-hydrogen) atoms. The Bertz CT molecular complexity index is 1210. The van der Waals surface area contributed by atoms with Gasteiger partial charge in [0.2, 0.25) is 11.8 Å². The molecule has 1 amide bonds. The molecule has 3 heterocycles. The Labute approximate surface area is 211 Å². The van der Waals surface area contributed by atoms with E-state index < -0.39 is 0 Å². The highest BCUT2D eigenvalue weighted by atomic mass is 19.1. The number of amides is 1. The number of aryl methyl sites for hydroxylation is 1. The van der Waals surface area contributed by atoms with Crippen LogP contribution >= 0.6 is 0 Å². The molecule has 1 saturated carbocycles. The first-order valence-corrected chi connectivity index (χ1v) is 12.7. The summed E-state index contributed by atoms with van der Waals surface area (Å²) in [7, 11) is 1.59. The van der Waals surface area contributed by atoms with Gasteiger partial charge >= 0.3 is 0 Å². The van der Waals surface area contributed by atoms with Crippen LogP contribution in [-0.2, 0) is 11.3 Å². The Balaban J connectivity index is 1.31. The summed E-state index contributed by atoms with van der Waals surface area (Å²) in [6.07, 6.45) is 7.38. The molecular formula is C27H33FN6O2. The van der Waals surface area contributed by atoms with E-state index in [1.54, 1.807) is 20.1 Å². The van der Waals surface area contributed by atoms with E-state index in [1.807, 2.05) is 21.7 Å². The van der Waals surface area contributed by atoms with E-state index in [0.717, 1.165) is 35.6 Å². The number of carbonyl (C=O) groups is 1. The lowest BCUT2D eigenvalue weighted by Crippen LogP contribution is -2.50. The number of aromatic nitrogens is 4. The zero-order valence-corrected chi connectivity index (χ0v) is 21.0. The van der Waals surface area contributed by atoms with Crippen molar-refractivity contribution in [1.82, 2.24) is 24.6 Å². The zero-order valence-electron chi connectivity index (χ0n) is 21.0. The standard InChI is InChI=1S/C27H33FN6O2/c1-19-14-21(8-9-22(19)28)23-15-24(20-6-4-3-5-7-20)34(31-23)17-27(35)33-12-10-32(11-13-33)25-16-26(36-2)30-18-29-25/h8-9,14-16,18,20H,3-7,10-13,17H2,1-2H3. The third-order valence-corrected chi connectivity index (χ3v) is 7.37. The van der Waals surface area contributed by atoms with Crippen molar-refractivity contribution in [2.24, 2.45) is 0 Å². The number of methoxy groups -OCH3 is 1. The maximum absolute atomic E-state index is 13.8. The number of ether oxygens (including phenoxy) is 1. The Morgan fingerprint density at radius 1 is 1.06 bits per heavy atom. The second-order valence-corrected chi connectivity index (χ2v) is 9.70. The number of piperazine rings is 1. The number of benzene rings is 1. The zero-order chi connectivity index (χ0) is 25.1. The molecule has 0 atom stereocenters. The van der Waals surface area contributed by atoms with Gasteiger partial charge in [0.1, 0.15) is 24.5 Å². The molecule has 8 nitrogen and oxygen atoms in total. The van der Waals surface area contributed by atoms with E-state index in [4.69, 9.17) is 9.84 Å². The third kappa shape index (κ3) is 5.20. The molecule has 2 aromatic heterocycles. The topological polar surface area (TPSA) is 76.4 Å². The van der Waals surface area contributed by atoms with Crippen molar-refractivity contribution in [3.8, 4) is 17.1 Å². The Morgan fingerprint density at radius 2 is 1.83 bits per heavy atom. The van der Waals surface area contributed by atoms with Crippen molar-refractivity contribution >= 4 is 11.7 Å². The number of anilines is 1. The van der Waals surface area contributed by atoms with E-state index >= 15 is 0 Å². The maximum Gasteiger partial charge on any atom is 0.244 e. The molecule has 0 bridgehead atoms. The maximum atomic E-state index is 13.8. The van der Waals surface area contributed by atoms with Crippen molar-refractivity contribution in [3.05, 3.63) is 53.7 Å². The molecule has 1 aromatic carbocycles. The van der Waals surface area contributed by atoms with Gasteiger partial charge in [-0.15, -0.1) is 0 Å². The van der Waals surface area contributed by atoms with Gasteiger partial charge in [-0.2, -0.15) is 5.10 Å². The molecule has 0 unspecified atom stereocenters.